The summed E-state index contributed by atoms with van der Waals surface area (Å²) in [6, 6.07) is 58.6. The Bertz CT molecular complexity index is 3100. The van der Waals surface area contributed by atoms with E-state index in [-0.39, 0.29) is 0 Å². The Balaban J connectivity index is 1.16. The van der Waals surface area contributed by atoms with E-state index in [9.17, 15) is 0 Å². The van der Waals surface area contributed by atoms with Crippen LogP contribution in [0.2, 0.25) is 0 Å². The molecule has 4 heterocycles. The molecular formula is C50H32N2O3. The van der Waals surface area contributed by atoms with E-state index in [2.05, 4.69) is 174 Å². The van der Waals surface area contributed by atoms with Crippen LogP contribution >= 0.6 is 0 Å². The monoisotopic (exact) mass is 708 g/mol. The lowest BCUT2D eigenvalue weighted by Gasteiger charge is -2.44. The average Bonchev–Trinajstić information content (AvgIpc) is 4.03. The van der Waals surface area contributed by atoms with Gasteiger partial charge in [0.15, 0.2) is 17.1 Å². The molecular weight excluding hydrogens is 677 g/mol. The second kappa shape index (κ2) is 11.1. The van der Waals surface area contributed by atoms with Crippen molar-refractivity contribution in [1.82, 2.24) is 0 Å². The van der Waals surface area contributed by atoms with Gasteiger partial charge in [0, 0.05) is 44.3 Å². The zero-order chi connectivity index (χ0) is 36.3. The third-order valence-electron chi connectivity index (χ3n) is 11.7. The van der Waals surface area contributed by atoms with Crippen molar-refractivity contribution in [3.05, 3.63) is 204 Å². The Morgan fingerprint density at radius 3 is 2.07 bits per heavy atom. The summed E-state index contributed by atoms with van der Waals surface area (Å²) in [7, 11) is 0. The molecule has 12 rings (SSSR count). The predicted molar refractivity (Wildman–Crippen MR) is 221 cm³/mol. The Kier molecular flexibility index (Phi) is 6.12. The van der Waals surface area contributed by atoms with Crippen LogP contribution in [0.4, 0.5) is 34.1 Å². The van der Waals surface area contributed by atoms with Crippen molar-refractivity contribution in [3.63, 3.8) is 0 Å². The molecule has 1 spiro atoms. The highest BCUT2D eigenvalue weighted by molar-refractivity contribution is 6.13. The van der Waals surface area contributed by atoms with E-state index >= 15 is 0 Å². The number of furan rings is 3. The summed E-state index contributed by atoms with van der Waals surface area (Å²) in [5, 5.41) is 4.53. The first kappa shape index (κ1) is 30.2. The zero-order valence-electron chi connectivity index (χ0n) is 29.9. The first-order valence-electron chi connectivity index (χ1n) is 18.7. The van der Waals surface area contributed by atoms with Crippen LogP contribution in [0.5, 0.6) is 0 Å². The maximum atomic E-state index is 6.94. The van der Waals surface area contributed by atoms with Crippen molar-refractivity contribution in [1.29, 1.82) is 0 Å². The summed E-state index contributed by atoms with van der Waals surface area (Å²) >= 11 is 0. The quantitative estimate of drug-likeness (QED) is 0.182. The standard InChI is InChI=1S/C50H32N2O3/c1-31-20-22-33(23-21-31)51(43-18-8-11-32-10-2-3-14-36(32)43)34-12-9-13-35(30-34)52-44-17-6-5-16-39(44)50(41-26-28-53-48(41)49-42(50)27-29-54-49)40-25-24-38-37-15-4-7-19-45(37)55-47(38)46(40)52/h2-30H,1H3. The van der Waals surface area contributed by atoms with Crippen LogP contribution in [0, 0.1) is 6.92 Å². The molecule has 3 aromatic heterocycles. The normalized spacial score (nSPS) is 13.7. The predicted octanol–water partition coefficient (Wildman–Crippen LogP) is 13.8. The lowest BCUT2D eigenvalue weighted by molar-refractivity contribution is 0.525. The number of aryl methyl sites for hydroxylation is 1. The molecule has 5 nitrogen and oxygen atoms in total. The first-order valence-corrected chi connectivity index (χ1v) is 18.7. The third kappa shape index (κ3) is 4.01. The lowest BCUT2D eigenvalue weighted by atomic mass is 9.65. The van der Waals surface area contributed by atoms with Crippen molar-refractivity contribution in [2.75, 3.05) is 9.80 Å². The molecule has 10 aromatic rings. The summed E-state index contributed by atoms with van der Waals surface area (Å²) in [6.45, 7) is 2.13. The summed E-state index contributed by atoms with van der Waals surface area (Å²) < 4.78 is 19.3. The number of para-hydroxylation sites is 2. The number of benzene rings is 7. The summed E-state index contributed by atoms with van der Waals surface area (Å²) in [6.07, 6.45) is 3.56. The Morgan fingerprint density at radius 1 is 0.527 bits per heavy atom. The average molecular weight is 709 g/mol. The van der Waals surface area contributed by atoms with Gasteiger partial charge in [-0.05, 0) is 90.2 Å². The molecule has 0 fully saturated rings. The van der Waals surface area contributed by atoms with Crippen LogP contribution in [-0.2, 0) is 5.41 Å². The van der Waals surface area contributed by atoms with Gasteiger partial charge in [-0.3, -0.25) is 0 Å². The van der Waals surface area contributed by atoms with Crippen LogP contribution in [0.15, 0.2) is 190 Å². The van der Waals surface area contributed by atoms with Gasteiger partial charge < -0.3 is 23.1 Å². The van der Waals surface area contributed by atoms with Gasteiger partial charge in [0.2, 0.25) is 0 Å². The molecule has 0 bridgehead atoms. The van der Waals surface area contributed by atoms with Gasteiger partial charge in [-0.15, -0.1) is 0 Å². The highest BCUT2D eigenvalue weighted by Gasteiger charge is 2.55. The van der Waals surface area contributed by atoms with E-state index < -0.39 is 5.41 Å². The zero-order valence-corrected chi connectivity index (χ0v) is 29.9. The molecule has 0 radical (unpaired) electrons. The molecule has 0 atom stereocenters. The van der Waals surface area contributed by atoms with Crippen LogP contribution in [0.25, 0.3) is 44.2 Å². The molecule has 0 unspecified atom stereocenters. The molecule has 0 saturated heterocycles. The molecule has 7 aromatic carbocycles. The Hall–Kier alpha value is -7.24. The second-order valence-electron chi connectivity index (χ2n) is 14.6. The molecule has 0 N–H and O–H groups in total. The molecule has 55 heavy (non-hydrogen) atoms. The minimum atomic E-state index is -0.686. The fraction of sp³-hybridized carbons (Fsp3) is 0.0400. The van der Waals surface area contributed by atoms with E-state index in [4.69, 9.17) is 13.3 Å². The van der Waals surface area contributed by atoms with Crippen molar-refractivity contribution < 1.29 is 13.3 Å². The SMILES string of the molecule is Cc1ccc(N(c2cccc(N3c4ccccc4C4(c5ccoc5-c5occc54)c4ccc5c(oc6ccccc65)c43)c2)c2cccc3ccccc23)cc1. The fourth-order valence-corrected chi connectivity index (χ4v) is 9.40. The van der Waals surface area contributed by atoms with Crippen molar-refractivity contribution in [2.45, 2.75) is 12.3 Å². The van der Waals surface area contributed by atoms with Crippen LogP contribution < -0.4 is 9.80 Å². The van der Waals surface area contributed by atoms with E-state index in [1.807, 2.05) is 6.07 Å². The Morgan fingerprint density at radius 2 is 1.24 bits per heavy atom. The topological polar surface area (TPSA) is 45.9 Å². The Labute approximate surface area is 316 Å². The minimum absolute atomic E-state index is 0.686. The number of fused-ring (bicyclic) bond motifs is 14. The summed E-state index contributed by atoms with van der Waals surface area (Å²) in [5.74, 6) is 1.54. The van der Waals surface area contributed by atoms with Crippen LogP contribution in [-0.4, -0.2) is 0 Å². The van der Waals surface area contributed by atoms with Gasteiger partial charge >= 0.3 is 0 Å². The van der Waals surface area contributed by atoms with Gasteiger partial charge in [0.05, 0.1) is 35.0 Å². The molecule has 5 heteroatoms. The second-order valence-corrected chi connectivity index (χ2v) is 14.6. The van der Waals surface area contributed by atoms with Gasteiger partial charge in [0.1, 0.15) is 5.58 Å². The van der Waals surface area contributed by atoms with Crippen molar-refractivity contribution >= 4 is 66.8 Å². The molecule has 1 aliphatic heterocycles. The summed E-state index contributed by atoms with van der Waals surface area (Å²) in [5.41, 5.74) is 12.9. The lowest BCUT2D eigenvalue weighted by Crippen LogP contribution is -2.36. The molecule has 260 valence electrons. The highest BCUT2D eigenvalue weighted by Crippen LogP contribution is 2.65. The van der Waals surface area contributed by atoms with Gasteiger partial charge in [-0.2, -0.15) is 0 Å². The smallest absolute Gasteiger partial charge is 0.174 e. The maximum Gasteiger partial charge on any atom is 0.174 e. The number of hydrogen-bond donors (Lipinski definition) is 0. The van der Waals surface area contributed by atoms with E-state index in [0.717, 1.165) is 89.8 Å². The molecule has 2 aliphatic rings. The fourth-order valence-electron chi connectivity index (χ4n) is 9.40. The molecule has 0 amide bonds. The largest absolute Gasteiger partial charge is 0.461 e. The van der Waals surface area contributed by atoms with Crippen LogP contribution in [0.3, 0.4) is 0 Å². The third-order valence-corrected chi connectivity index (χ3v) is 11.7. The first-order chi connectivity index (χ1) is 27.2. The van der Waals surface area contributed by atoms with Gasteiger partial charge in [-0.25, -0.2) is 0 Å². The van der Waals surface area contributed by atoms with Gasteiger partial charge in [-0.1, -0.05) is 103 Å². The number of nitrogens with zero attached hydrogens (tertiary/aromatic N) is 2. The van der Waals surface area contributed by atoms with Crippen molar-refractivity contribution in [2.24, 2.45) is 0 Å². The van der Waals surface area contributed by atoms with Crippen molar-refractivity contribution in [3.8, 4) is 11.5 Å². The number of rotatable bonds is 4. The van der Waals surface area contributed by atoms with Gasteiger partial charge in [0.25, 0.3) is 0 Å². The summed E-state index contributed by atoms with van der Waals surface area (Å²) in [4.78, 5) is 4.77. The maximum absolute atomic E-state index is 6.94. The highest BCUT2D eigenvalue weighted by atomic mass is 16.4. The van der Waals surface area contributed by atoms with E-state index in [1.165, 1.54) is 16.3 Å². The van der Waals surface area contributed by atoms with E-state index in [1.54, 1.807) is 12.5 Å². The molecule has 1 aliphatic carbocycles. The van der Waals surface area contributed by atoms with Crippen LogP contribution in [0.1, 0.15) is 27.8 Å². The number of hydrogen-bond acceptors (Lipinski definition) is 5. The molecule has 0 saturated carbocycles. The minimum Gasteiger partial charge on any atom is -0.461 e. The van der Waals surface area contributed by atoms with E-state index in [0.29, 0.717) is 0 Å². The number of anilines is 6.